The summed E-state index contributed by atoms with van der Waals surface area (Å²) >= 11 is 0. The van der Waals surface area contributed by atoms with Crippen molar-refractivity contribution in [3.63, 3.8) is 0 Å². The minimum Gasteiger partial charge on any atom is -0.396 e. The fraction of sp³-hybridized carbons (Fsp3) is 0.667. The predicted molar refractivity (Wildman–Crippen MR) is 55.0 cm³/mol. The lowest BCUT2D eigenvalue weighted by atomic mass is 9.99. The van der Waals surface area contributed by atoms with Crippen LogP contribution >= 0.6 is 0 Å². The number of primary amides is 1. The molecule has 0 aromatic carbocycles. The molecule has 4 N–H and O–H groups in total. The van der Waals surface area contributed by atoms with Crippen molar-refractivity contribution < 1.29 is 19.7 Å². The van der Waals surface area contributed by atoms with Gasteiger partial charge in [0.05, 0.1) is 32.0 Å². The SMILES string of the molecule is NC(=O)c1ncn([C@@H]2CO[C@H](CO)[C@H]2CO)n1. The quantitative estimate of drug-likeness (QED) is 0.556. The van der Waals surface area contributed by atoms with Gasteiger partial charge in [0.25, 0.3) is 5.91 Å². The van der Waals surface area contributed by atoms with E-state index in [0.29, 0.717) is 6.61 Å². The Balaban J connectivity index is 2.18. The van der Waals surface area contributed by atoms with Crippen LogP contribution in [0.15, 0.2) is 6.33 Å². The van der Waals surface area contributed by atoms with E-state index in [1.54, 1.807) is 0 Å². The van der Waals surface area contributed by atoms with Gasteiger partial charge in [-0.25, -0.2) is 9.67 Å². The summed E-state index contributed by atoms with van der Waals surface area (Å²) in [7, 11) is 0. The average molecular weight is 242 g/mol. The van der Waals surface area contributed by atoms with E-state index in [4.69, 9.17) is 15.6 Å². The summed E-state index contributed by atoms with van der Waals surface area (Å²) in [5.41, 5.74) is 5.05. The molecule has 1 fully saturated rings. The average Bonchev–Trinajstić information content (AvgIpc) is 2.94. The molecule has 94 valence electrons. The number of carbonyl (C=O) groups excluding carboxylic acids is 1. The Hall–Kier alpha value is -1.51. The largest absolute Gasteiger partial charge is 0.396 e. The second kappa shape index (κ2) is 4.78. The molecule has 1 aliphatic heterocycles. The zero-order chi connectivity index (χ0) is 12.4. The molecule has 1 aromatic heterocycles. The molecular weight excluding hydrogens is 228 g/mol. The maximum absolute atomic E-state index is 10.9. The third-order valence-electron chi connectivity index (χ3n) is 2.91. The molecule has 3 atom stereocenters. The maximum atomic E-state index is 10.9. The number of nitrogens with zero attached hydrogens (tertiary/aromatic N) is 3. The van der Waals surface area contributed by atoms with Gasteiger partial charge in [0.2, 0.25) is 5.82 Å². The number of hydrogen-bond donors (Lipinski definition) is 3. The second-order valence-corrected chi connectivity index (χ2v) is 3.88. The van der Waals surface area contributed by atoms with Gasteiger partial charge >= 0.3 is 0 Å². The minimum atomic E-state index is -0.707. The number of hydrogen-bond acceptors (Lipinski definition) is 6. The summed E-state index contributed by atoms with van der Waals surface area (Å²) in [4.78, 5) is 14.6. The highest BCUT2D eigenvalue weighted by Gasteiger charge is 2.38. The number of nitrogens with two attached hydrogens (primary N) is 1. The molecule has 8 heteroatoms. The molecule has 2 rings (SSSR count). The Morgan fingerprint density at radius 2 is 2.35 bits per heavy atom. The lowest BCUT2D eigenvalue weighted by Crippen LogP contribution is -2.29. The lowest BCUT2D eigenvalue weighted by Gasteiger charge is -2.18. The van der Waals surface area contributed by atoms with Crippen molar-refractivity contribution in [2.75, 3.05) is 19.8 Å². The van der Waals surface area contributed by atoms with Crippen LogP contribution in [0.25, 0.3) is 0 Å². The molecule has 1 aliphatic rings. The van der Waals surface area contributed by atoms with Crippen LogP contribution in [0.4, 0.5) is 0 Å². The zero-order valence-electron chi connectivity index (χ0n) is 9.06. The molecule has 1 amide bonds. The number of aliphatic hydroxyl groups excluding tert-OH is 2. The summed E-state index contributed by atoms with van der Waals surface area (Å²) in [6.45, 7) is -0.00122. The predicted octanol–water partition coefficient (Wildman–Crippen LogP) is -2.08. The number of rotatable bonds is 4. The summed E-state index contributed by atoms with van der Waals surface area (Å²) in [5.74, 6) is -1.06. The molecule has 17 heavy (non-hydrogen) atoms. The zero-order valence-corrected chi connectivity index (χ0v) is 9.06. The van der Waals surface area contributed by atoms with Crippen molar-refractivity contribution in [2.45, 2.75) is 12.1 Å². The van der Waals surface area contributed by atoms with Crippen molar-refractivity contribution in [3.8, 4) is 0 Å². The maximum Gasteiger partial charge on any atom is 0.288 e. The van der Waals surface area contributed by atoms with Gasteiger partial charge in [-0.2, -0.15) is 0 Å². The van der Waals surface area contributed by atoms with Crippen molar-refractivity contribution in [1.82, 2.24) is 14.8 Å². The third kappa shape index (κ3) is 2.14. The van der Waals surface area contributed by atoms with Gasteiger partial charge in [0, 0.05) is 5.92 Å². The second-order valence-electron chi connectivity index (χ2n) is 3.88. The first-order valence-corrected chi connectivity index (χ1v) is 5.21. The molecule has 0 spiro atoms. The van der Waals surface area contributed by atoms with Crippen LogP contribution in [-0.4, -0.2) is 56.8 Å². The van der Waals surface area contributed by atoms with Gasteiger partial charge in [0.15, 0.2) is 0 Å². The molecule has 1 saturated heterocycles. The Bertz CT molecular complexity index is 407. The highest BCUT2D eigenvalue weighted by atomic mass is 16.5. The van der Waals surface area contributed by atoms with E-state index < -0.39 is 12.0 Å². The van der Waals surface area contributed by atoms with Crippen molar-refractivity contribution in [2.24, 2.45) is 11.7 Å². The highest BCUT2D eigenvalue weighted by molar-refractivity contribution is 5.88. The van der Waals surface area contributed by atoms with E-state index in [9.17, 15) is 9.90 Å². The lowest BCUT2D eigenvalue weighted by molar-refractivity contribution is 0.0268. The van der Waals surface area contributed by atoms with Gasteiger partial charge < -0.3 is 20.7 Å². The van der Waals surface area contributed by atoms with Gasteiger partial charge in [-0.15, -0.1) is 5.10 Å². The summed E-state index contributed by atoms with van der Waals surface area (Å²) in [5, 5.41) is 22.3. The number of amides is 1. The van der Waals surface area contributed by atoms with Crippen LogP contribution in [0.3, 0.4) is 0 Å². The van der Waals surface area contributed by atoms with Crippen LogP contribution < -0.4 is 5.73 Å². The first kappa shape index (κ1) is 12.0. The van der Waals surface area contributed by atoms with E-state index in [1.807, 2.05) is 0 Å². The molecule has 0 unspecified atom stereocenters. The minimum absolute atomic E-state index is 0.0749. The topological polar surface area (TPSA) is 123 Å². The summed E-state index contributed by atoms with van der Waals surface area (Å²) < 4.78 is 6.77. The first-order valence-electron chi connectivity index (χ1n) is 5.21. The van der Waals surface area contributed by atoms with Crippen molar-refractivity contribution in [1.29, 1.82) is 0 Å². The molecule has 8 nitrogen and oxygen atoms in total. The molecule has 0 radical (unpaired) electrons. The van der Waals surface area contributed by atoms with E-state index in [0.717, 1.165) is 0 Å². The van der Waals surface area contributed by atoms with Crippen molar-refractivity contribution >= 4 is 5.91 Å². The van der Waals surface area contributed by atoms with Gasteiger partial charge in [-0.1, -0.05) is 0 Å². The number of ether oxygens (including phenoxy) is 1. The number of carbonyl (C=O) groups is 1. The Morgan fingerprint density at radius 1 is 1.59 bits per heavy atom. The van der Waals surface area contributed by atoms with Crippen molar-refractivity contribution in [3.05, 3.63) is 12.2 Å². The molecule has 0 saturated carbocycles. The van der Waals surface area contributed by atoms with Crippen LogP contribution in [0.1, 0.15) is 16.7 Å². The molecule has 0 aliphatic carbocycles. The summed E-state index contributed by atoms with van der Waals surface area (Å²) in [6.07, 6.45) is 0.947. The van der Waals surface area contributed by atoms with E-state index in [2.05, 4.69) is 10.1 Å². The Labute approximate surface area is 97.0 Å². The van der Waals surface area contributed by atoms with Crippen LogP contribution in [-0.2, 0) is 4.74 Å². The standard InChI is InChI=1S/C9H14N4O4/c10-8(16)9-11-4-13(12-9)6-3-17-7(2-15)5(6)1-14/h4-7,14-15H,1-3H2,(H2,10,16)/t5-,6+,7+/m0/s1. The van der Waals surface area contributed by atoms with Crippen LogP contribution in [0, 0.1) is 5.92 Å². The fourth-order valence-corrected chi connectivity index (χ4v) is 1.96. The fourth-order valence-electron chi connectivity index (χ4n) is 1.96. The molecule has 2 heterocycles. The number of aliphatic hydroxyl groups is 2. The third-order valence-corrected chi connectivity index (χ3v) is 2.91. The summed E-state index contributed by atoms with van der Waals surface area (Å²) in [6, 6.07) is -0.252. The van der Waals surface area contributed by atoms with Crippen LogP contribution in [0.2, 0.25) is 0 Å². The molecule has 1 aromatic rings. The Kier molecular flexibility index (Phi) is 3.36. The molecule has 0 bridgehead atoms. The van der Waals surface area contributed by atoms with E-state index in [-0.39, 0.29) is 31.0 Å². The van der Waals surface area contributed by atoms with Gasteiger partial charge in [-0.05, 0) is 0 Å². The normalized spacial score (nSPS) is 28.5. The monoisotopic (exact) mass is 242 g/mol. The first-order chi connectivity index (χ1) is 8.17. The van der Waals surface area contributed by atoms with Gasteiger partial charge in [0.1, 0.15) is 6.33 Å². The highest BCUT2D eigenvalue weighted by Crippen LogP contribution is 2.29. The Morgan fingerprint density at radius 3 is 2.88 bits per heavy atom. The van der Waals surface area contributed by atoms with Gasteiger partial charge in [-0.3, -0.25) is 4.79 Å². The smallest absolute Gasteiger partial charge is 0.288 e. The van der Waals surface area contributed by atoms with Crippen LogP contribution in [0.5, 0.6) is 0 Å². The van der Waals surface area contributed by atoms with E-state index in [1.165, 1.54) is 11.0 Å². The molecular formula is C9H14N4O4. The number of aromatic nitrogens is 3. The van der Waals surface area contributed by atoms with E-state index >= 15 is 0 Å².